The van der Waals surface area contributed by atoms with Crippen LogP contribution in [0, 0.1) is 0 Å². The summed E-state index contributed by atoms with van der Waals surface area (Å²) in [4.78, 5) is 0. The molecule has 0 amide bonds. The van der Waals surface area contributed by atoms with Crippen molar-refractivity contribution in [2.45, 2.75) is 39.5 Å². The van der Waals surface area contributed by atoms with Crippen LogP contribution in [0.2, 0.25) is 0 Å². The number of allylic oxidation sites excluding steroid dienone is 10. The van der Waals surface area contributed by atoms with Crippen LogP contribution in [-0.2, 0) is 0 Å². The molecule has 0 saturated carbocycles. The van der Waals surface area contributed by atoms with Gasteiger partial charge in [-0.25, -0.2) is 0 Å². The molecule has 2 aliphatic rings. The first-order valence-electron chi connectivity index (χ1n) is 13.6. The first kappa shape index (κ1) is 26.9. The number of nitrogen functional groups attached to an aromatic ring is 2. The van der Waals surface area contributed by atoms with E-state index >= 15 is 0 Å². The monoisotopic (exact) mass is 528 g/mol. The van der Waals surface area contributed by atoms with E-state index in [1.54, 1.807) is 0 Å². The lowest BCUT2D eigenvalue weighted by Gasteiger charge is -2.24. The molecule has 4 N–H and O–H groups in total. The highest BCUT2D eigenvalue weighted by atomic mass is 16.5. The Morgan fingerprint density at radius 2 is 0.875 bits per heavy atom. The van der Waals surface area contributed by atoms with E-state index in [-0.39, 0.29) is 11.8 Å². The summed E-state index contributed by atoms with van der Waals surface area (Å²) in [5.41, 5.74) is 20.6. The van der Waals surface area contributed by atoms with Crippen LogP contribution in [0.25, 0.3) is 0 Å². The van der Waals surface area contributed by atoms with Crippen molar-refractivity contribution in [3.8, 4) is 11.5 Å². The molecule has 40 heavy (non-hydrogen) atoms. The van der Waals surface area contributed by atoms with Gasteiger partial charge in [0, 0.05) is 23.2 Å². The Balaban J connectivity index is 1.33. The van der Waals surface area contributed by atoms with Crippen molar-refractivity contribution in [3.63, 3.8) is 0 Å². The van der Waals surface area contributed by atoms with Gasteiger partial charge in [0.1, 0.15) is 23.0 Å². The number of hydrogen-bond donors (Lipinski definition) is 2. The minimum Gasteiger partial charge on any atom is -0.457 e. The summed E-state index contributed by atoms with van der Waals surface area (Å²) >= 11 is 0. The Bertz CT molecular complexity index is 1440. The Morgan fingerprint density at radius 1 is 0.525 bits per heavy atom. The van der Waals surface area contributed by atoms with Crippen LogP contribution < -0.4 is 20.9 Å². The number of anilines is 2. The molecule has 4 nitrogen and oxygen atoms in total. The molecule has 2 unspecified atom stereocenters. The highest BCUT2D eigenvalue weighted by Gasteiger charge is 2.22. The fourth-order valence-electron chi connectivity index (χ4n) is 5.05. The normalized spacial score (nSPS) is 18.2. The molecule has 3 aromatic rings. The van der Waals surface area contributed by atoms with Crippen molar-refractivity contribution in [1.82, 2.24) is 0 Å². The van der Waals surface area contributed by atoms with E-state index in [2.05, 4.69) is 88.4 Å². The van der Waals surface area contributed by atoms with Crippen molar-refractivity contribution in [3.05, 3.63) is 154 Å². The zero-order chi connectivity index (χ0) is 28.2. The van der Waals surface area contributed by atoms with Gasteiger partial charge in [-0.15, -0.1) is 0 Å². The topological polar surface area (TPSA) is 70.5 Å². The van der Waals surface area contributed by atoms with Crippen molar-refractivity contribution >= 4 is 11.4 Å². The molecule has 0 aromatic heterocycles. The first-order valence-corrected chi connectivity index (χ1v) is 13.6. The third-order valence-corrected chi connectivity index (χ3v) is 7.21. The second kappa shape index (κ2) is 11.6. The maximum Gasteiger partial charge on any atom is 0.127 e. The average Bonchev–Trinajstić information content (AvgIpc) is 2.95. The Hall–Kier alpha value is -4.70. The van der Waals surface area contributed by atoms with Gasteiger partial charge in [-0.3, -0.25) is 0 Å². The largest absolute Gasteiger partial charge is 0.457 e. The summed E-state index contributed by atoms with van der Waals surface area (Å²) in [6.07, 6.45) is 12.8. The molecule has 0 bridgehead atoms. The third-order valence-electron chi connectivity index (χ3n) is 7.21. The average molecular weight is 529 g/mol. The van der Waals surface area contributed by atoms with Crippen LogP contribution in [0.1, 0.15) is 50.7 Å². The second-order valence-electron chi connectivity index (χ2n) is 10.7. The van der Waals surface area contributed by atoms with Gasteiger partial charge in [0.25, 0.3) is 0 Å². The summed E-state index contributed by atoms with van der Waals surface area (Å²) in [5, 5.41) is 0. The molecule has 202 valence electrons. The maximum absolute atomic E-state index is 6.11. The van der Waals surface area contributed by atoms with E-state index in [4.69, 9.17) is 20.9 Å². The van der Waals surface area contributed by atoms with Crippen molar-refractivity contribution in [2.24, 2.45) is 0 Å². The number of hydrogen-bond acceptors (Lipinski definition) is 4. The van der Waals surface area contributed by atoms with Gasteiger partial charge in [-0.1, -0.05) is 47.6 Å². The Kier molecular flexibility index (Phi) is 7.79. The van der Waals surface area contributed by atoms with E-state index in [1.807, 2.05) is 48.5 Å². The first-order chi connectivity index (χ1) is 19.3. The van der Waals surface area contributed by atoms with E-state index in [1.165, 1.54) is 33.4 Å². The smallest absolute Gasteiger partial charge is 0.127 e. The van der Waals surface area contributed by atoms with Gasteiger partial charge in [0.05, 0.1) is 0 Å². The SMILES string of the molecule is CC(C)=C1C=C(Oc2ccc(N)cc2)C=CC1c1ccc(C2C=CC(Oc3ccc(N)cc3)=CC2=C(C)C)cc1. The van der Waals surface area contributed by atoms with Crippen molar-refractivity contribution in [2.75, 3.05) is 11.5 Å². The molecular weight excluding hydrogens is 492 g/mol. The Labute approximate surface area is 237 Å². The van der Waals surface area contributed by atoms with E-state index in [9.17, 15) is 0 Å². The molecule has 2 atom stereocenters. The molecule has 5 rings (SSSR count). The lowest BCUT2D eigenvalue weighted by Crippen LogP contribution is -2.09. The third kappa shape index (κ3) is 6.13. The van der Waals surface area contributed by atoms with E-state index < -0.39 is 0 Å². The molecule has 0 aliphatic heterocycles. The molecule has 2 aliphatic carbocycles. The fraction of sp³-hybridized carbons (Fsp3) is 0.167. The second-order valence-corrected chi connectivity index (χ2v) is 10.7. The lowest BCUT2D eigenvalue weighted by molar-refractivity contribution is 0.441. The summed E-state index contributed by atoms with van der Waals surface area (Å²) in [5.74, 6) is 3.52. The van der Waals surface area contributed by atoms with Crippen molar-refractivity contribution < 1.29 is 9.47 Å². The molecular formula is C36H36N2O2. The standard InChI is InChI=1S/C36H36N2O2/c1-23(2)35-21-31(39-29-13-9-27(37)10-14-29)17-19-33(35)25-5-7-26(8-6-25)34-20-18-32(22-36(34)24(3)4)40-30-15-11-28(38)12-16-30/h5-22,33-34H,37-38H2,1-4H3. The number of rotatable bonds is 6. The van der Waals surface area contributed by atoms with Gasteiger partial charge in [-0.2, -0.15) is 0 Å². The summed E-state index contributed by atoms with van der Waals surface area (Å²) in [6.45, 7) is 8.60. The molecule has 0 saturated heterocycles. The molecule has 3 aromatic carbocycles. The molecule has 0 heterocycles. The predicted molar refractivity (Wildman–Crippen MR) is 166 cm³/mol. The van der Waals surface area contributed by atoms with Crippen LogP contribution in [0.15, 0.2) is 143 Å². The van der Waals surface area contributed by atoms with E-state index in [0.29, 0.717) is 0 Å². The van der Waals surface area contributed by atoms with Gasteiger partial charge in [0.2, 0.25) is 0 Å². The van der Waals surface area contributed by atoms with Gasteiger partial charge < -0.3 is 20.9 Å². The minimum absolute atomic E-state index is 0.169. The number of nitrogens with two attached hydrogens (primary N) is 2. The molecule has 0 fully saturated rings. The number of benzene rings is 3. The quantitative estimate of drug-likeness (QED) is 0.314. The zero-order valence-corrected chi connectivity index (χ0v) is 23.5. The van der Waals surface area contributed by atoms with Crippen LogP contribution in [0.3, 0.4) is 0 Å². The predicted octanol–water partition coefficient (Wildman–Crippen LogP) is 8.76. The Morgan fingerprint density at radius 3 is 1.20 bits per heavy atom. The van der Waals surface area contributed by atoms with Gasteiger partial charge in [0.15, 0.2) is 0 Å². The van der Waals surface area contributed by atoms with Crippen molar-refractivity contribution in [1.29, 1.82) is 0 Å². The molecule has 4 heteroatoms. The van der Waals surface area contributed by atoms with Crippen LogP contribution in [0.5, 0.6) is 11.5 Å². The van der Waals surface area contributed by atoms with Gasteiger partial charge >= 0.3 is 0 Å². The van der Waals surface area contributed by atoms with Crippen LogP contribution >= 0.6 is 0 Å². The molecule has 0 radical (unpaired) electrons. The lowest BCUT2D eigenvalue weighted by atomic mass is 9.82. The fourth-order valence-corrected chi connectivity index (χ4v) is 5.05. The summed E-state index contributed by atoms with van der Waals surface area (Å²) < 4.78 is 12.2. The number of ether oxygens (including phenoxy) is 2. The minimum atomic E-state index is 0.169. The van der Waals surface area contributed by atoms with Crippen LogP contribution in [-0.4, -0.2) is 0 Å². The summed E-state index contributed by atoms with van der Waals surface area (Å²) in [6, 6.07) is 23.9. The highest BCUT2D eigenvalue weighted by molar-refractivity contribution is 5.52. The zero-order valence-electron chi connectivity index (χ0n) is 23.5. The van der Waals surface area contributed by atoms with Gasteiger partial charge in [-0.05, 0) is 123 Å². The highest BCUT2D eigenvalue weighted by Crippen LogP contribution is 2.38. The maximum atomic E-state index is 6.11. The van der Waals surface area contributed by atoms with Crippen LogP contribution in [0.4, 0.5) is 11.4 Å². The molecule has 0 spiro atoms. The van der Waals surface area contributed by atoms with E-state index in [0.717, 1.165) is 34.4 Å². The summed E-state index contributed by atoms with van der Waals surface area (Å²) in [7, 11) is 0.